The van der Waals surface area contributed by atoms with Crippen LogP contribution in [0.4, 0.5) is 5.82 Å². The molecule has 2 N–H and O–H groups in total. The van der Waals surface area contributed by atoms with Crippen molar-refractivity contribution in [3.8, 4) is 0 Å². The van der Waals surface area contributed by atoms with E-state index in [1.54, 1.807) is 6.20 Å². The minimum absolute atomic E-state index is 0.0851. The van der Waals surface area contributed by atoms with Gasteiger partial charge in [0.2, 0.25) is 0 Å². The van der Waals surface area contributed by atoms with Crippen molar-refractivity contribution in [3.05, 3.63) is 30.6 Å². The molecule has 0 spiro atoms. The van der Waals surface area contributed by atoms with Crippen LogP contribution < -0.4 is 5.32 Å². The zero-order valence-corrected chi connectivity index (χ0v) is 9.67. The average molecular weight is 235 g/mol. The molecule has 2 aromatic rings. The highest BCUT2D eigenvalue weighted by Crippen LogP contribution is 2.10. The Morgan fingerprint density at radius 2 is 2.29 bits per heavy atom. The lowest BCUT2D eigenvalue weighted by Crippen LogP contribution is -2.09. The van der Waals surface area contributed by atoms with Crippen molar-refractivity contribution >= 4 is 11.5 Å². The number of imidazole rings is 1. The molecule has 2 heterocycles. The van der Waals surface area contributed by atoms with Crippen LogP contribution in [0.2, 0.25) is 0 Å². The molecule has 5 heteroatoms. The van der Waals surface area contributed by atoms with E-state index >= 15 is 0 Å². The Hall–Kier alpha value is -1.59. The molecule has 0 amide bonds. The number of hydrogen-bond acceptors (Lipinski definition) is 4. The molecular formula is C12H17N3O2. The Labute approximate surface area is 100 Å². The summed E-state index contributed by atoms with van der Waals surface area (Å²) in [6.45, 7) is 2.00. The maximum absolute atomic E-state index is 8.54. The fourth-order valence-corrected chi connectivity index (χ4v) is 1.65. The van der Waals surface area contributed by atoms with Gasteiger partial charge in [-0.3, -0.25) is 4.40 Å². The van der Waals surface area contributed by atoms with Crippen molar-refractivity contribution in [2.75, 3.05) is 31.7 Å². The fraction of sp³-hybridized carbons (Fsp3) is 0.417. The highest BCUT2D eigenvalue weighted by Gasteiger charge is 1.98. The van der Waals surface area contributed by atoms with E-state index in [-0.39, 0.29) is 6.61 Å². The summed E-state index contributed by atoms with van der Waals surface area (Å²) >= 11 is 0. The molecule has 0 aliphatic rings. The minimum Gasteiger partial charge on any atom is -0.394 e. The number of nitrogens with zero attached hydrogens (tertiary/aromatic N) is 2. The van der Waals surface area contributed by atoms with Crippen LogP contribution in [0, 0.1) is 0 Å². The zero-order valence-electron chi connectivity index (χ0n) is 9.67. The molecule has 17 heavy (non-hydrogen) atoms. The van der Waals surface area contributed by atoms with Crippen LogP contribution in [0.5, 0.6) is 0 Å². The standard InChI is InChI=1S/C12H17N3O2/c16-8-10-17-9-2-5-13-11-3-1-4-12-14-6-7-15(11)12/h1,3-4,6-7,13,16H,2,5,8-10H2. The molecule has 0 unspecified atom stereocenters. The van der Waals surface area contributed by atoms with Crippen molar-refractivity contribution in [1.29, 1.82) is 0 Å². The lowest BCUT2D eigenvalue weighted by molar-refractivity contribution is 0.0922. The van der Waals surface area contributed by atoms with Crippen molar-refractivity contribution in [2.24, 2.45) is 0 Å². The van der Waals surface area contributed by atoms with Crippen LogP contribution in [0.3, 0.4) is 0 Å². The maximum Gasteiger partial charge on any atom is 0.138 e. The van der Waals surface area contributed by atoms with Crippen molar-refractivity contribution < 1.29 is 9.84 Å². The maximum atomic E-state index is 8.54. The first-order valence-corrected chi connectivity index (χ1v) is 5.76. The third kappa shape index (κ3) is 3.18. The summed E-state index contributed by atoms with van der Waals surface area (Å²) in [4.78, 5) is 4.22. The molecule has 0 radical (unpaired) electrons. The highest BCUT2D eigenvalue weighted by atomic mass is 16.5. The number of pyridine rings is 1. The highest BCUT2D eigenvalue weighted by molar-refractivity contribution is 5.49. The second-order valence-electron chi connectivity index (χ2n) is 3.68. The van der Waals surface area contributed by atoms with Crippen LogP contribution in [-0.4, -0.2) is 40.9 Å². The number of aliphatic hydroxyl groups excluding tert-OH is 1. The molecule has 92 valence electrons. The van der Waals surface area contributed by atoms with Gasteiger partial charge in [0, 0.05) is 25.5 Å². The summed E-state index contributed by atoms with van der Waals surface area (Å²) in [5.74, 6) is 1.03. The van der Waals surface area contributed by atoms with Gasteiger partial charge in [-0.15, -0.1) is 0 Å². The summed E-state index contributed by atoms with van der Waals surface area (Å²) in [6, 6.07) is 5.96. The first kappa shape index (κ1) is 11.9. The average Bonchev–Trinajstić information content (AvgIpc) is 2.82. The van der Waals surface area contributed by atoms with Gasteiger partial charge in [0.15, 0.2) is 0 Å². The van der Waals surface area contributed by atoms with Gasteiger partial charge in [-0.25, -0.2) is 4.98 Å². The molecule has 0 fully saturated rings. The lowest BCUT2D eigenvalue weighted by atomic mass is 10.4. The van der Waals surface area contributed by atoms with E-state index in [2.05, 4.69) is 10.3 Å². The number of hydrogen-bond donors (Lipinski definition) is 2. The minimum atomic E-state index is 0.0851. The normalized spacial score (nSPS) is 10.9. The van der Waals surface area contributed by atoms with Gasteiger partial charge in [0.1, 0.15) is 11.5 Å². The molecule has 0 saturated carbocycles. The summed E-state index contributed by atoms with van der Waals surface area (Å²) in [5.41, 5.74) is 0.937. The Kier molecular flexibility index (Phi) is 4.35. The Bertz CT molecular complexity index is 456. The molecule has 0 aliphatic carbocycles. The number of fused-ring (bicyclic) bond motifs is 1. The molecular weight excluding hydrogens is 218 g/mol. The van der Waals surface area contributed by atoms with E-state index in [4.69, 9.17) is 9.84 Å². The number of rotatable bonds is 7. The number of nitrogens with one attached hydrogen (secondary N) is 1. The topological polar surface area (TPSA) is 58.8 Å². The Morgan fingerprint density at radius 1 is 1.35 bits per heavy atom. The van der Waals surface area contributed by atoms with Crippen molar-refractivity contribution in [2.45, 2.75) is 6.42 Å². The van der Waals surface area contributed by atoms with Gasteiger partial charge in [0.25, 0.3) is 0 Å². The van der Waals surface area contributed by atoms with Gasteiger partial charge in [0.05, 0.1) is 13.2 Å². The Balaban J connectivity index is 1.80. The van der Waals surface area contributed by atoms with E-state index in [1.165, 1.54) is 0 Å². The smallest absolute Gasteiger partial charge is 0.138 e. The van der Waals surface area contributed by atoms with Gasteiger partial charge in [-0.2, -0.15) is 0 Å². The van der Waals surface area contributed by atoms with E-state index in [0.717, 1.165) is 24.4 Å². The van der Waals surface area contributed by atoms with Crippen LogP contribution in [0.1, 0.15) is 6.42 Å². The quantitative estimate of drug-likeness (QED) is 0.707. The van der Waals surface area contributed by atoms with E-state index < -0.39 is 0 Å². The number of aliphatic hydroxyl groups is 1. The van der Waals surface area contributed by atoms with Crippen molar-refractivity contribution in [1.82, 2.24) is 9.38 Å². The molecule has 0 atom stereocenters. The molecule has 2 aromatic heterocycles. The van der Waals surface area contributed by atoms with Crippen LogP contribution >= 0.6 is 0 Å². The summed E-state index contributed by atoms with van der Waals surface area (Å²) < 4.78 is 7.19. The molecule has 0 bridgehead atoms. The Morgan fingerprint density at radius 3 is 3.18 bits per heavy atom. The SMILES string of the molecule is OCCOCCCNc1cccc2nccn12. The van der Waals surface area contributed by atoms with Crippen molar-refractivity contribution in [3.63, 3.8) is 0 Å². The molecule has 0 aromatic carbocycles. The van der Waals surface area contributed by atoms with E-state index in [1.807, 2.05) is 28.8 Å². The first-order chi connectivity index (χ1) is 8.42. The van der Waals surface area contributed by atoms with E-state index in [0.29, 0.717) is 13.2 Å². The number of ether oxygens (including phenoxy) is 1. The van der Waals surface area contributed by atoms with Gasteiger partial charge in [-0.05, 0) is 18.6 Å². The van der Waals surface area contributed by atoms with Crippen LogP contribution in [0.25, 0.3) is 5.65 Å². The fourth-order valence-electron chi connectivity index (χ4n) is 1.65. The monoisotopic (exact) mass is 235 g/mol. The second kappa shape index (κ2) is 6.22. The van der Waals surface area contributed by atoms with Gasteiger partial charge in [-0.1, -0.05) is 6.07 Å². The van der Waals surface area contributed by atoms with Crippen LogP contribution in [-0.2, 0) is 4.74 Å². The zero-order chi connectivity index (χ0) is 11.9. The number of aromatic nitrogens is 2. The largest absolute Gasteiger partial charge is 0.394 e. The number of anilines is 1. The lowest BCUT2D eigenvalue weighted by Gasteiger charge is -2.08. The third-order valence-electron chi connectivity index (χ3n) is 2.44. The summed E-state index contributed by atoms with van der Waals surface area (Å²) in [7, 11) is 0. The summed E-state index contributed by atoms with van der Waals surface area (Å²) in [6.07, 6.45) is 4.62. The molecule has 2 rings (SSSR count). The molecule has 0 saturated heterocycles. The summed E-state index contributed by atoms with van der Waals surface area (Å²) in [5, 5.41) is 11.9. The van der Waals surface area contributed by atoms with Gasteiger partial charge < -0.3 is 15.2 Å². The van der Waals surface area contributed by atoms with Crippen LogP contribution in [0.15, 0.2) is 30.6 Å². The predicted octanol–water partition coefficient (Wildman–Crippen LogP) is 1.15. The predicted molar refractivity (Wildman–Crippen MR) is 66.2 cm³/mol. The molecule has 5 nitrogen and oxygen atoms in total. The molecule has 0 aliphatic heterocycles. The van der Waals surface area contributed by atoms with Gasteiger partial charge >= 0.3 is 0 Å². The third-order valence-corrected chi connectivity index (χ3v) is 2.44. The first-order valence-electron chi connectivity index (χ1n) is 5.76. The second-order valence-corrected chi connectivity index (χ2v) is 3.68. The van der Waals surface area contributed by atoms with E-state index in [9.17, 15) is 0 Å².